The Balaban J connectivity index is 1.98. The first kappa shape index (κ1) is 11.3. The maximum atomic E-state index is 13.3. The number of alkyl halides is 1. The Morgan fingerprint density at radius 1 is 1.56 bits per heavy atom. The molecule has 2 aliphatic heterocycles. The lowest BCUT2D eigenvalue weighted by atomic mass is 10.2. The Morgan fingerprint density at radius 2 is 2.31 bits per heavy atom. The summed E-state index contributed by atoms with van der Waals surface area (Å²) in [4.78, 5) is 23.6. The molecule has 2 rings (SSSR count). The van der Waals surface area contributed by atoms with Crippen LogP contribution in [0.1, 0.15) is 12.8 Å². The van der Waals surface area contributed by atoms with Crippen molar-refractivity contribution >= 4 is 11.9 Å². The number of ether oxygens (including phenoxy) is 1. The monoisotopic (exact) mass is 232 g/mol. The molecular formula is C9H13FN2O4. The second-order valence-corrected chi connectivity index (χ2v) is 3.86. The molecule has 0 bridgehead atoms. The summed E-state index contributed by atoms with van der Waals surface area (Å²) < 4.78 is 18.5. The third-order valence-electron chi connectivity index (χ3n) is 2.78. The Bertz CT molecular complexity index is 312. The predicted octanol–water partition coefficient (Wildman–Crippen LogP) is -0.626. The fourth-order valence-corrected chi connectivity index (χ4v) is 1.90. The zero-order chi connectivity index (χ0) is 11.7. The maximum Gasteiger partial charge on any atom is 0.326 e. The summed E-state index contributed by atoms with van der Waals surface area (Å²) in [6.07, 6.45) is -2.63. The van der Waals surface area contributed by atoms with Gasteiger partial charge in [0, 0.05) is 19.4 Å². The van der Waals surface area contributed by atoms with E-state index in [2.05, 4.69) is 5.32 Å². The number of carbonyl (C=O) groups is 2. The van der Waals surface area contributed by atoms with Crippen molar-refractivity contribution in [1.29, 1.82) is 0 Å². The van der Waals surface area contributed by atoms with Gasteiger partial charge in [-0.15, -0.1) is 0 Å². The first-order chi connectivity index (χ1) is 7.61. The van der Waals surface area contributed by atoms with E-state index in [1.165, 1.54) is 4.90 Å². The van der Waals surface area contributed by atoms with Crippen LogP contribution in [0.2, 0.25) is 0 Å². The molecule has 3 amide bonds. The lowest BCUT2D eigenvalue weighted by Gasteiger charge is -2.31. The lowest BCUT2D eigenvalue weighted by molar-refractivity contribution is -0.123. The van der Waals surface area contributed by atoms with Crippen LogP contribution in [-0.4, -0.2) is 53.6 Å². The first-order valence-electron chi connectivity index (χ1n) is 5.12. The minimum Gasteiger partial charge on any atom is -0.394 e. The topological polar surface area (TPSA) is 78.9 Å². The normalized spacial score (nSPS) is 35.4. The number of rotatable bonds is 2. The second kappa shape index (κ2) is 4.34. The van der Waals surface area contributed by atoms with Crippen LogP contribution in [0.4, 0.5) is 9.18 Å². The van der Waals surface area contributed by atoms with Gasteiger partial charge in [-0.1, -0.05) is 0 Å². The molecule has 0 aliphatic carbocycles. The summed E-state index contributed by atoms with van der Waals surface area (Å²) in [5, 5.41) is 11.0. The number of urea groups is 1. The van der Waals surface area contributed by atoms with Crippen molar-refractivity contribution in [2.24, 2.45) is 0 Å². The highest BCUT2D eigenvalue weighted by Gasteiger charge is 2.41. The quantitative estimate of drug-likeness (QED) is 0.664. The molecule has 90 valence electrons. The third-order valence-corrected chi connectivity index (χ3v) is 2.78. The number of amides is 3. The number of hydrogen-bond donors (Lipinski definition) is 2. The fraction of sp³-hybridized carbons (Fsp3) is 0.778. The number of carbonyl (C=O) groups excluding carboxylic acids is 2. The van der Waals surface area contributed by atoms with Gasteiger partial charge in [-0.05, 0) is 0 Å². The lowest BCUT2D eigenvalue weighted by Crippen LogP contribution is -2.53. The third kappa shape index (κ3) is 2.00. The molecule has 2 N–H and O–H groups in total. The van der Waals surface area contributed by atoms with Crippen LogP contribution < -0.4 is 5.32 Å². The number of halogens is 1. The minimum atomic E-state index is -1.28. The highest BCUT2D eigenvalue weighted by Crippen LogP contribution is 2.26. The average molecular weight is 232 g/mol. The summed E-state index contributed by atoms with van der Waals surface area (Å²) >= 11 is 0. The van der Waals surface area contributed by atoms with E-state index in [0.717, 1.165) is 0 Å². The molecule has 2 saturated heterocycles. The van der Waals surface area contributed by atoms with Crippen LogP contribution in [0.25, 0.3) is 0 Å². The van der Waals surface area contributed by atoms with E-state index in [1.54, 1.807) is 0 Å². The van der Waals surface area contributed by atoms with Gasteiger partial charge < -0.3 is 9.84 Å². The van der Waals surface area contributed by atoms with Gasteiger partial charge in [-0.25, -0.2) is 9.18 Å². The molecule has 6 nitrogen and oxygen atoms in total. The predicted molar refractivity (Wildman–Crippen MR) is 50.1 cm³/mol. The van der Waals surface area contributed by atoms with Crippen LogP contribution in [0, 0.1) is 0 Å². The molecule has 0 aromatic carbocycles. The molecule has 0 aromatic heterocycles. The van der Waals surface area contributed by atoms with E-state index in [9.17, 15) is 14.0 Å². The summed E-state index contributed by atoms with van der Waals surface area (Å²) in [6, 6.07) is -0.563. The van der Waals surface area contributed by atoms with Crippen molar-refractivity contribution in [3.05, 3.63) is 0 Å². The van der Waals surface area contributed by atoms with Crippen LogP contribution in [0.15, 0.2) is 0 Å². The standard InChI is InChI=1S/C9H13FN2O4/c10-5-3-8(16-6(5)4-13)12-2-1-7(14)11-9(12)15/h5-6,8,13H,1-4H2,(H,11,14,15). The van der Waals surface area contributed by atoms with Crippen LogP contribution in [-0.2, 0) is 9.53 Å². The summed E-state index contributed by atoms with van der Waals surface area (Å²) in [5.41, 5.74) is 0. The average Bonchev–Trinajstić information content (AvgIpc) is 2.59. The summed E-state index contributed by atoms with van der Waals surface area (Å²) in [7, 11) is 0. The van der Waals surface area contributed by atoms with E-state index in [-0.39, 0.29) is 25.3 Å². The molecule has 0 spiro atoms. The van der Waals surface area contributed by atoms with E-state index >= 15 is 0 Å². The molecule has 16 heavy (non-hydrogen) atoms. The summed E-state index contributed by atoms with van der Waals surface area (Å²) in [5.74, 6) is -0.338. The smallest absolute Gasteiger partial charge is 0.326 e. The van der Waals surface area contributed by atoms with Crippen LogP contribution in [0.3, 0.4) is 0 Å². The zero-order valence-electron chi connectivity index (χ0n) is 8.56. The maximum absolute atomic E-state index is 13.3. The van der Waals surface area contributed by atoms with Crippen molar-refractivity contribution in [3.63, 3.8) is 0 Å². The van der Waals surface area contributed by atoms with Gasteiger partial charge in [0.2, 0.25) is 5.91 Å². The molecular weight excluding hydrogens is 219 g/mol. The number of aliphatic hydroxyl groups excluding tert-OH is 1. The van der Waals surface area contributed by atoms with E-state index in [0.29, 0.717) is 0 Å². The number of hydrogen-bond acceptors (Lipinski definition) is 4. The second-order valence-electron chi connectivity index (χ2n) is 3.86. The Hall–Kier alpha value is -1.21. The van der Waals surface area contributed by atoms with E-state index in [1.807, 2.05) is 0 Å². The number of nitrogens with one attached hydrogen (secondary N) is 1. The SMILES string of the molecule is O=C1CCN(C2CC(F)C(CO)O2)C(=O)N1. The molecule has 0 radical (unpaired) electrons. The summed E-state index contributed by atoms with van der Waals surface area (Å²) in [6.45, 7) is -0.188. The van der Waals surface area contributed by atoms with Gasteiger partial charge in [0.15, 0.2) is 0 Å². The Morgan fingerprint density at radius 3 is 2.88 bits per heavy atom. The fourth-order valence-electron chi connectivity index (χ4n) is 1.90. The van der Waals surface area contributed by atoms with Crippen LogP contribution in [0.5, 0.6) is 0 Å². The molecule has 3 unspecified atom stereocenters. The van der Waals surface area contributed by atoms with Gasteiger partial charge in [-0.2, -0.15) is 0 Å². The van der Waals surface area contributed by atoms with Gasteiger partial charge in [0.1, 0.15) is 18.5 Å². The van der Waals surface area contributed by atoms with Crippen LogP contribution >= 0.6 is 0 Å². The Labute approximate surface area is 91.4 Å². The van der Waals surface area contributed by atoms with Crippen molar-refractivity contribution in [1.82, 2.24) is 10.2 Å². The molecule has 0 aromatic rings. The largest absolute Gasteiger partial charge is 0.394 e. The van der Waals surface area contributed by atoms with Crippen molar-refractivity contribution in [2.45, 2.75) is 31.3 Å². The number of aliphatic hydroxyl groups is 1. The Kier molecular flexibility index (Phi) is 3.06. The molecule has 3 atom stereocenters. The molecule has 7 heteroatoms. The highest BCUT2D eigenvalue weighted by atomic mass is 19.1. The van der Waals surface area contributed by atoms with Crippen molar-refractivity contribution in [2.75, 3.05) is 13.2 Å². The van der Waals surface area contributed by atoms with Gasteiger partial charge in [0.05, 0.1) is 6.61 Å². The van der Waals surface area contributed by atoms with E-state index < -0.39 is 31.1 Å². The van der Waals surface area contributed by atoms with E-state index in [4.69, 9.17) is 9.84 Å². The molecule has 0 saturated carbocycles. The molecule has 2 aliphatic rings. The van der Waals surface area contributed by atoms with Gasteiger partial charge in [-0.3, -0.25) is 15.0 Å². The minimum absolute atomic E-state index is 0.0346. The van der Waals surface area contributed by atoms with Crippen molar-refractivity contribution < 1.29 is 23.8 Å². The van der Waals surface area contributed by atoms with Gasteiger partial charge in [0.25, 0.3) is 0 Å². The highest BCUT2D eigenvalue weighted by molar-refractivity contribution is 5.96. The zero-order valence-corrected chi connectivity index (χ0v) is 8.56. The first-order valence-corrected chi connectivity index (χ1v) is 5.12. The number of imide groups is 1. The van der Waals surface area contributed by atoms with Gasteiger partial charge >= 0.3 is 6.03 Å². The molecule has 2 fully saturated rings. The van der Waals surface area contributed by atoms with Crippen molar-refractivity contribution in [3.8, 4) is 0 Å². The number of nitrogens with zero attached hydrogens (tertiary/aromatic N) is 1. The molecule has 2 heterocycles.